The number of sulfone groups is 1. The lowest BCUT2D eigenvalue weighted by atomic mass is 9.97. The summed E-state index contributed by atoms with van der Waals surface area (Å²) in [6.07, 6.45) is 1.22. The summed E-state index contributed by atoms with van der Waals surface area (Å²) in [6.45, 7) is 1.65. The van der Waals surface area contributed by atoms with Gasteiger partial charge in [0, 0.05) is 16.8 Å². The Kier molecular flexibility index (Phi) is 3.99. The molecule has 0 aliphatic heterocycles. The van der Waals surface area contributed by atoms with E-state index in [-0.39, 0.29) is 0 Å². The van der Waals surface area contributed by atoms with Gasteiger partial charge in [0.05, 0.1) is 5.25 Å². The normalized spacial score (nSPS) is 15.4. The number of benzene rings is 2. The van der Waals surface area contributed by atoms with Crippen LogP contribution in [0.25, 0.3) is 10.8 Å². The smallest absolute Gasteiger partial charge is 0.151 e. The van der Waals surface area contributed by atoms with E-state index in [0.717, 1.165) is 20.8 Å². The average Bonchev–Trinajstić information content (AvgIpc) is 2.37. The Morgan fingerprint density at radius 3 is 2.26 bits per heavy atom. The molecule has 0 heterocycles. The Morgan fingerprint density at radius 1 is 1.11 bits per heavy atom. The molecule has 0 aliphatic carbocycles. The van der Waals surface area contributed by atoms with Crippen LogP contribution < -0.4 is 5.73 Å². The van der Waals surface area contributed by atoms with E-state index in [0.29, 0.717) is 0 Å². The molecule has 2 unspecified atom stereocenters. The van der Waals surface area contributed by atoms with Crippen LogP contribution in [-0.4, -0.2) is 19.9 Å². The van der Waals surface area contributed by atoms with Crippen molar-refractivity contribution in [1.29, 1.82) is 0 Å². The molecule has 19 heavy (non-hydrogen) atoms. The molecule has 0 aliphatic rings. The highest BCUT2D eigenvalue weighted by Crippen LogP contribution is 2.31. The predicted octanol–water partition coefficient (Wildman–Crippen LogP) is 3.04. The first kappa shape index (κ1) is 14.5. The SMILES string of the molecule is CC(C(N)c1ccc(Br)c2ccccc12)S(C)(=O)=O. The Bertz CT molecular complexity index is 712. The fourth-order valence-corrected chi connectivity index (χ4v) is 3.25. The molecule has 2 rings (SSSR count). The summed E-state index contributed by atoms with van der Waals surface area (Å²) in [5, 5.41) is 1.41. The van der Waals surface area contributed by atoms with Gasteiger partial charge in [-0.3, -0.25) is 0 Å². The van der Waals surface area contributed by atoms with Gasteiger partial charge < -0.3 is 5.73 Å². The van der Waals surface area contributed by atoms with Crippen LogP contribution in [0.3, 0.4) is 0 Å². The first-order valence-corrected chi connectivity index (χ1v) is 8.68. The fraction of sp³-hybridized carbons (Fsp3) is 0.286. The standard InChI is InChI=1S/C14H16BrNO2S/c1-9(19(2,17)18)14(16)12-7-8-13(15)11-6-4-3-5-10(11)12/h3-9,14H,16H2,1-2H3. The molecular weight excluding hydrogens is 326 g/mol. The van der Waals surface area contributed by atoms with E-state index in [1.165, 1.54) is 6.26 Å². The molecule has 0 aromatic heterocycles. The second-order valence-electron chi connectivity index (χ2n) is 4.74. The summed E-state index contributed by atoms with van der Waals surface area (Å²) in [4.78, 5) is 0. The van der Waals surface area contributed by atoms with E-state index < -0.39 is 21.1 Å². The highest BCUT2D eigenvalue weighted by atomic mass is 79.9. The van der Waals surface area contributed by atoms with Crippen LogP contribution in [0.1, 0.15) is 18.5 Å². The molecule has 0 saturated carbocycles. The molecule has 0 amide bonds. The van der Waals surface area contributed by atoms with Gasteiger partial charge >= 0.3 is 0 Å². The summed E-state index contributed by atoms with van der Waals surface area (Å²) in [5.41, 5.74) is 7.00. The second kappa shape index (κ2) is 5.23. The quantitative estimate of drug-likeness (QED) is 0.933. The second-order valence-corrected chi connectivity index (χ2v) is 8.00. The highest BCUT2D eigenvalue weighted by molar-refractivity contribution is 9.10. The van der Waals surface area contributed by atoms with Gasteiger partial charge in [0.1, 0.15) is 0 Å². The summed E-state index contributed by atoms with van der Waals surface area (Å²) in [6, 6.07) is 11.1. The van der Waals surface area contributed by atoms with Crippen molar-refractivity contribution in [2.75, 3.05) is 6.26 Å². The third-order valence-corrected chi connectivity index (χ3v) is 5.78. The zero-order chi connectivity index (χ0) is 14.2. The fourth-order valence-electron chi connectivity index (χ4n) is 2.10. The van der Waals surface area contributed by atoms with Gasteiger partial charge in [0.25, 0.3) is 0 Å². The Balaban J connectivity index is 2.61. The van der Waals surface area contributed by atoms with Crippen LogP contribution in [0.2, 0.25) is 0 Å². The number of rotatable bonds is 3. The lowest BCUT2D eigenvalue weighted by Crippen LogP contribution is -2.30. The van der Waals surface area contributed by atoms with Crippen molar-refractivity contribution in [3.8, 4) is 0 Å². The van der Waals surface area contributed by atoms with Gasteiger partial charge in [0.15, 0.2) is 9.84 Å². The zero-order valence-electron chi connectivity index (χ0n) is 10.8. The maximum Gasteiger partial charge on any atom is 0.151 e. The van der Waals surface area contributed by atoms with Crippen LogP contribution in [0.4, 0.5) is 0 Å². The van der Waals surface area contributed by atoms with Crippen molar-refractivity contribution < 1.29 is 8.42 Å². The Labute approximate surface area is 121 Å². The van der Waals surface area contributed by atoms with Crippen LogP contribution in [0, 0.1) is 0 Å². The van der Waals surface area contributed by atoms with Crippen LogP contribution >= 0.6 is 15.9 Å². The molecular formula is C14H16BrNO2S. The molecule has 3 nitrogen and oxygen atoms in total. The molecule has 2 aromatic rings. The maximum atomic E-state index is 11.7. The van der Waals surface area contributed by atoms with Crippen LogP contribution in [-0.2, 0) is 9.84 Å². The summed E-state index contributed by atoms with van der Waals surface area (Å²) >= 11 is 3.50. The van der Waals surface area contributed by atoms with Gasteiger partial charge in [0.2, 0.25) is 0 Å². The topological polar surface area (TPSA) is 60.2 Å². The number of hydrogen-bond acceptors (Lipinski definition) is 3. The van der Waals surface area contributed by atoms with Crippen LogP contribution in [0.5, 0.6) is 0 Å². The zero-order valence-corrected chi connectivity index (χ0v) is 13.2. The molecule has 0 saturated heterocycles. The minimum absolute atomic E-state index is 0.534. The molecule has 2 atom stereocenters. The number of halogens is 1. The van der Waals surface area contributed by atoms with Gasteiger partial charge in [-0.1, -0.05) is 46.3 Å². The average molecular weight is 342 g/mol. The third-order valence-electron chi connectivity index (χ3n) is 3.44. The van der Waals surface area contributed by atoms with Gasteiger partial charge in [-0.2, -0.15) is 0 Å². The van der Waals surface area contributed by atoms with E-state index in [1.54, 1.807) is 6.92 Å². The van der Waals surface area contributed by atoms with Crippen molar-refractivity contribution in [1.82, 2.24) is 0 Å². The van der Waals surface area contributed by atoms with Crippen molar-refractivity contribution in [3.63, 3.8) is 0 Å². The molecule has 0 spiro atoms. The molecule has 2 aromatic carbocycles. The molecule has 5 heteroatoms. The number of fused-ring (bicyclic) bond motifs is 1. The van der Waals surface area contributed by atoms with Gasteiger partial charge in [-0.25, -0.2) is 8.42 Å². The van der Waals surface area contributed by atoms with Crippen molar-refractivity contribution in [2.24, 2.45) is 5.73 Å². The number of hydrogen-bond donors (Lipinski definition) is 1. The minimum Gasteiger partial charge on any atom is -0.323 e. The maximum absolute atomic E-state index is 11.7. The van der Waals surface area contributed by atoms with E-state index in [9.17, 15) is 8.42 Å². The Hall–Kier alpha value is -0.910. The molecule has 0 bridgehead atoms. The first-order valence-electron chi connectivity index (χ1n) is 5.94. The summed E-state index contributed by atoms with van der Waals surface area (Å²) in [7, 11) is -3.17. The van der Waals surface area contributed by atoms with E-state index in [1.807, 2.05) is 36.4 Å². The highest BCUT2D eigenvalue weighted by Gasteiger charge is 2.25. The summed E-state index contributed by atoms with van der Waals surface area (Å²) in [5.74, 6) is 0. The van der Waals surface area contributed by atoms with Gasteiger partial charge in [-0.05, 0) is 29.3 Å². The van der Waals surface area contributed by atoms with E-state index in [2.05, 4.69) is 15.9 Å². The lowest BCUT2D eigenvalue weighted by Gasteiger charge is -2.20. The molecule has 0 fully saturated rings. The van der Waals surface area contributed by atoms with Crippen molar-refractivity contribution in [3.05, 3.63) is 46.4 Å². The van der Waals surface area contributed by atoms with Gasteiger partial charge in [-0.15, -0.1) is 0 Å². The first-order chi connectivity index (χ1) is 8.82. The molecule has 2 N–H and O–H groups in total. The monoisotopic (exact) mass is 341 g/mol. The largest absolute Gasteiger partial charge is 0.323 e. The third kappa shape index (κ3) is 2.83. The minimum atomic E-state index is -3.17. The molecule has 102 valence electrons. The molecule has 0 radical (unpaired) electrons. The van der Waals surface area contributed by atoms with Crippen molar-refractivity contribution in [2.45, 2.75) is 18.2 Å². The predicted molar refractivity (Wildman–Crippen MR) is 82.9 cm³/mol. The Morgan fingerprint density at radius 2 is 1.68 bits per heavy atom. The van der Waals surface area contributed by atoms with E-state index >= 15 is 0 Å². The van der Waals surface area contributed by atoms with E-state index in [4.69, 9.17) is 5.73 Å². The number of nitrogens with two attached hydrogens (primary N) is 1. The lowest BCUT2D eigenvalue weighted by molar-refractivity contribution is 0.571. The van der Waals surface area contributed by atoms with Crippen molar-refractivity contribution >= 4 is 36.5 Å². The summed E-state index contributed by atoms with van der Waals surface area (Å²) < 4.78 is 24.3. The van der Waals surface area contributed by atoms with Crippen LogP contribution in [0.15, 0.2) is 40.9 Å².